The van der Waals surface area contributed by atoms with Crippen molar-refractivity contribution in [3.63, 3.8) is 0 Å². The van der Waals surface area contributed by atoms with Crippen molar-refractivity contribution in [3.8, 4) is 11.1 Å². The van der Waals surface area contributed by atoms with Crippen LogP contribution in [0.1, 0.15) is 41.8 Å². The largest absolute Gasteiger partial charge is 0.387 e. The number of rotatable bonds is 7. The van der Waals surface area contributed by atoms with Crippen LogP contribution in [0.2, 0.25) is 0 Å². The SMILES string of the molecule is CC(C)CN(C)/C=C\c1cc(-c2ccc3c(c2)N=C(N)CC(C=O)=C3)ccc1C=O. The van der Waals surface area contributed by atoms with Crippen LogP contribution >= 0.6 is 0 Å². The number of nitrogens with zero attached hydrogens (tertiary/aromatic N) is 2. The van der Waals surface area contributed by atoms with Crippen molar-refractivity contribution in [3.05, 3.63) is 64.9 Å². The fraction of sp³-hybridized carbons (Fsp3) is 0.240. The summed E-state index contributed by atoms with van der Waals surface area (Å²) >= 11 is 0. The van der Waals surface area contributed by atoms with E-state index < -0.39 is 0 Å². The van der Waals surface area contributed by atoms with Gasteiger partial charge in [-0.1, -0.05) is 38.1 Å². The van der Waals surface area contributed by atoms with Crippen molar-refractivity contribution in [2.24, 2.45) is 16.6 Å². The van der Waals surface area contributed by atoms with Crippen LogP contribution < -0.4 is 5.73 Å². The minimum atomic E-state index is 0.348. The van der Waals surface area contributed by atoms with Crippen LogP contribution in [0.25, 0.3) is 23.3 Å². The van der Waals surface area contributed by atoms with E-state index in [2.05, 4.69) is 23.7 Å². The second-order valence-electron chi connectivity index (χ2n) is 8.00. The monoisotopic (exact) mass is 401 g/mol. The van der Waals surface area contributed by atoms with Gasteiger partial charge in [0.05, 0.1) is 5.69 Å². The van der Waals surface area contributed by atoms with E-state index in [4.69, 9.17) is 5.73 Å². The van der Waals surface area contributed by atoms with Gasteiger partial charge in [0.25, 0.3) is 0 Å². The van der Waals surface area contributed by atoms with Crippen molar-refractivity contribution in [1.82, 2.24) is 4.90 Å². The molecule has 2 N–H and O–H groups in total. The van der Waals surface area contributed by atoms with E-state index in [0.29, 0.717) is 29.3 Å². The van der Waals surface area contributed by atoms with E-state index in [-0.39, 0.29) is 0 Å². The number of carbonyl (C=O) groups is 2. The van der Waals surface area contributed by atoms with Crippen molar-refractivity contribution in [2.45, 2.75) is 20.3 Å². The highest BCUT2D eigenvalue weighted by Gasteiger charge is 2.11. The molecule has 154 valence electrons. The van der Waals surface area contributed by atoms with E-state index in [9.17, 15) is 9.59 Å². The first kappa shape index (κ1) is 21.2. The van der Waals surface area contributed by atoms with Gasteiger partial charge >= 0.3 is 0 Å². The lowest BCUT2D eigenvalue weighted by atomic mass is 9.97. The molecule has 0 radical (unpaired) electrons. The van der Waals surface area contributed by atoms with Gasteiger partial charge < -0.3 is 10.6 Å². The smallest absolute Gasteiger partial charge is 0.150 e. The first-order valence-corrected chi connectivity index (χ1v) is 10.0. The van der Waals surface area contributed by atoms with Crippen LogP contribution in [0, 0.1) is 5.92 Å². The summed E-state index contributed by atoms with van der Waals surface area (Å²) < 4.78 is 0. The van der Waals surface area contributed by atoms with E-state index >= 15 is 0 Å². The molecule has 2 aromatic carbocycles. The topological polar surface area (TPSA) is 75.8 Å². The third kappa shape index (κ3) is 5.11. The number of benzene rings is 2. The van der Waals surface area contributed by atoms with Gasteiger partial charge in [0.15, 0.2) is 6.29 Å². The molecule has 0 saturated heterocycles. The predicted molar refractivity (Wildman–Crippen MR) is 124 cm³/mol. The van der Waals surface area contributed by atoms with E-state index in [1.807, 2.05) is 61.8 Å². The molecular formula is C25H27N3O2. The maximum atomic E-state index is 11.5. The maximum Gasteiger partial charge on any atom is 0.150 e. The van der Waals surface area contributed by atoms with Crippen LogP contribution in [0.5, 0.6) is 0 Å². The first-order valence-electron chi connectivity index (χ1n) is 10.0. The van der Waals surface area contributed by atoms with Gasteiger partial charge in [-0.3, -0.25) is 9.59 Å². The third-order valence-electron chi connectivity index (χ3n) is 4.88. The average molecular weight is 402 g/mol. The summed E-state index contributed by atoms with van der Waals surface area (Å²) in [6.45, 7) is 5.28. The minimum absolute atomic E-state index is 0.348. The standard InChI is InChI=1S/C25H27N3O2/c1-17(2)14-28(3)9-8-21-12-19(5-7-23(21)16-30)20-4-6-22-10-18(15-29)11-25(26)27-24(22)13-20/h4-10,12-13,15-17H,11,14H2,1-3H3,(H2,26,27)/b9-8-. The Morgan fingerprint density at radius 3 is 2.50 bits per heavy atom. The Labute approximate surface area is 177 Å². The van der Waals surface area contributed by atoms with Crippen LogP contribution in [0.15, 0.2) is 53.2 Å². The fourth-order valence-electron chi connectivity index (χ4n) is 3.52. The first-order chi connectivity index (χ1) is 14.4. The number of carbonyl (C=O) groups excluding carboxylic acids is 2. The normalized spacial score (nSPS) is 13.5. The Bertz CT molecular complexity index is 1050. The molecule has 5 nitrogen and oxygen atoms in total. The van der Waals surface area contributed by atoms with Crippen LogP contribution in [-0.4, -0.2) is 36.9 Å². The highest BCUT2D eigenvalue weighted by molar-refractivity contribution is 5.98. The summed E-state index contributed by atoms with van der Waals surface area (Å²) in [6.07, 6.45) is 7.83. The van der Waals surface area contributed by atoms with Gasteiger partial charge in [0.2, 0.25) is 0 Å². The quantitative estimate of drug-likeness (QED) is 0.683. The predicted octanol–water partition coefficient (Wildman–Crippen LogP) is 4.70. The molecule has 1 aliphatic rings. The van der Waals surface area contributed by atoms with Crippen molar-refractivity contribution < 1.29 is 9.59 Å². The summed E-state index contributed by atoms with van der Waals surface area (Å²) in [6, 6.07) is 11.6. The van der Waals surface area contributed by atoms with Gasteiger partial charge in [-0.2, -0.15) is 0 Å². The van der Waals surface area contributed by atoms with Crippen LogP contribution in [-0.2, 0) is 4.79 Å². The molecule has 1 aliphatic heterocycles. The molecule has 0 atom stereocenters. The molecule has 0 saturated carbocycles. The maximum absolute atomic E-state index is 11.5. The number of aldehydes is 2. The Morgan fingerprint density at radius 1 is 1.07 bits per heavy atom. The summed E-state index contributed by atoms with van der Waals surface area (Å²) in [5.41, 5.74) is 11.6. The highest BCUT2D eigenvalue weighted by atomic mass is 16.1. The number of hydrogen-bond donors (Lipinski definition) is 1. The van der Waals surface area contributed by atoms with E-state index in [0.717, 1.165) is 47.1 Å². The molecule has 5 heteroatoms. The zero-order chi connectivity index (χ0) is 21.7. The highest BCUT2D eigenvalue weighted by Crippen LogP contribution is 2.32. The Hall–Kier alpha value is -3.47. The molecule has 30 heavy (non-hydrogen) atoms. The number of nitrogens with two attached hydrogens (primary N) is 1. The zero-order valence-electron chi connectivity index (χ0n) is 17.6. The van der Waals surface area contributed by atoms with Crippen molar-refractivity contribution >= 4 is 36.2 Å². The Morgan fingerprint density at radius 2 is 1.80 bits per heavy atom. The number of hydrogen-bond acceptors (Lipinski definition) is 5. The number of amidine groups is 1. The molecule has 0 amide bonds. The van der Waals surface area contributed by atoms with Gasteiger partial charge in [-0.15, -0.1) is 0 Å². The molecule has 0 aromatic heterocycles. The molecule has 0 unspecified atom stereocenters. The second-order valence-corrected chi connectivity index (χ2v) is 8.00. The summed E-state index contributed by atoms with van der Waals surface area (Å²) in [7, 11) is 2.02. The summed E-state index contributed by atoms with van der Waals surface area (Å²) in [4.78, 5) is 29.3. The Balaban J connectivity index is 1.98. The summed E-state index contributed by atoms with van der Waals surface area (Å²) in [5.74, 6) is 0.968. The van der Waals surface area contributed by atoms with Gasteiger partial charge in [0, 0.05) is 36.7 Å². The lowest BCUT2D eigenvalue weighted by molar-refractivity contribution is -0.104. The van der Waals surface area contributed by atoms with Crippen molar-refractivity contribution in [1.29, 1.82) is 0 Å². The lowest BCUT2D eigenvalue weighted by Crippen LogP contribution is -2.16. The van der Waals surface area contributed by atoms with Gasteiger partial charge in [-0.05, 0) is 53.1 Å². The minimum Gasteiger partial charge on any atom is -0.387 e. The van der Waals surface area contributed by atoms with E-state index in [1.165, 1.54) is 0 Å². The Kier molecular flexibility index (Phi) is 6.62. The van der Waals surface area contributed by atoms with Crippen LogP contribution in [0.4, 0.5) is 5.69 Å². The molecule has 0 bridgehead atoms. The second kappa shape index (κ2) is 9.35. The average Bonchev–Trinajstić information content (AvgIpc) is 2.88. The van der Waals surface area contributed by atoms with Crippen molar-refractivity contribution in [2.75, 3.05) is 13.6 Å². The molecule has 0 spiro atoms. The number of fused-ring (bicyclic) bond motifs is 1. The molecule has 3 rings (SSSR count). The van der Waals surface area contributed by atoms with Gasteiger partial charge in [0.1, 0.15) is 12.1 Å². The fourth-order valence-corrected chi connectivity index (χ4v) is 3.52. The summed E-state index contributed by atoms with van der Waals surface area (Å²) in [5, 5.41) is 0. The third-order valence-corrected chi connectivity index (χ3v) is 4.88. The molecule has 0 fully saturated rings. The van der Waals surface area contributed by atoms with Gasteiger partial charge in [-0.25, -0.2) is 4.99 Å². The molecule has 1 heterocycles. The van der Waals surface area contributed by atoms with E-state index in [1.54, 1.807) is 0 Å². The van der Waals surface area contributed by atoms with Crippen LogP contribution in [0.3, 0.4) is 0 Å². The molecule has 0 aliphatic carbocycles. The zero-order valence-corrected chi connectivity index (χ0v) is 17.6. The molecular weight excluding hydrogens is 374 g/mol. The lowest BCUT2D eigenvalue weighted by Gasteiger charge is -2.16. The number of aliphatic imine (C=N–C) groups is 1. The molecule has 2 aromatic rings.